The van der Waals surface area contributed by atoms with E-state index >= 15 is 0 Å². The first-order chi connectivity index (χ1) is 12.8. The number of hydrogen-bond acceptors (Lipinski definition) is 4. The number of rotatable bonds is 4. The number of pyridine rings is 2. The summed E-state index contributed by atoms with van der Waals surface area (Å²) in [4.78, 5) is 21.6. The first-order valence-corrected chi connectivity index (χ1v) is 8.23. The Balaban J connectivity index is 1.72. The Labute approximate surface area is 150 Å². The van der Waals surface area contributed by atoms with Crippen LogP contribution >= 0.6 is 0 Å². The van der Waals surface area contributed by atoms with Crippen molar-refractivity contribution in [2.24, 2.45) is 0 Å². The number of carbonyl (C=O) groups excluding carboxylic acids is 1. The number of benzene rings is 2. The number of hydrogen-bond donors (Lipinski definition) is 2. The molecule has 0 fully saturated rings. The van der Waals surface area contributed by atoms with Crippen molar-refractivity contribution in [3.8, 4) is 11.3 Å². The van der Waals surface area contributed by atoms with Gasteiger partial charge in [-0.2, -0.15) is 0 Å². The van der Waals surface area contributed by atoms with E-state index in [1.807, 2.05) is 66.7 Å². The molecule has 0 aliphatic carbocycles. The molecule has 2 heterocycles. The van der Waals surface area contributed by atoms with Gasteiger partial charge >= 0.3 is 0 Å². The van der Waals surface area contributed by atoms with Gasteiger partial charge in [-0.1, -0.05) is 36.4 Å². The molecule has 0 bridgehead atoms. The van der Waals surface area contributed by atoms with Gasteiger partial charge in [0, 0.05) is 23.3 Å². The van der Waals surface area contributed by atoms with E-state index < -0.39 is 0 Å². The highest BCUT2D eigenvalue weighted by atomic mass is 16.2. The van der Waals surface area contributed by atoms with Crippen LogP contribution in [-0.4, -0.2) is 15.9 Å². The van der Waals surface area contributed by atoms with Crippen LogP contribution in [0, 0.1) is 0 Å². The Bertz CT molecular complexity index is 1050. The molecular weight excluding hydrogens is 324 g/mol. The number of aromatic nitrogens is 2. The lowest BCUT2D eigenvalue weighted by Gasteiger charge is -2.12. The molecule has 0 radical (unpaired) electrons. The Morgan fingerprint density at radius 3 is 2.50 bits per heavy atom. The SMILES string of the molecule is O=C(NNc1ccccc1)c1cc(-c2cccnc2)nc2ccccc12. The first-order valence-electron chi connectivity index (χ1n) is 8.23. The maximum absolute atomic E-state index is 12.8. The van der Waals surface area contributed by atoms with Crippen molar-refractivity contribution >= 4 is 22.5 Å². The van der Waals surface area contributed by atoms with Crippen LogP contribution in [0.5, 0.6) is 0 Å². The summed E-state index contributed by atoms with van der Waals surface area (Å²) in [6.07, 6.45) is 3.45. The number of nitrogens with one attached hydrogen (secondary N) is 2. The molecule has 2 N–H and O–H groups in total. The topological polar surface area (TPSA) is 66.9 Å². The van der Waals surface area contributed by atoms with Gasteiger partial charge in [-0.3, -0.25) is 20.6 Å². The van der Waals surface area contributed by atoms with Crippen molar-refractivity contribution in [2.45, 2.75) is 0 Å². The van der Waals surface area contributed by atoms with Gasteiger partial charge in [0.15, 0.2) is 0 Å². The molecule has 0 saturated carbocycles. The predicted molar refractivity (Wildman–Crippen MR) is 103 cm³/mol. The summed E-state index contributed by atoms with van der Waals surface area (Å²) in [6.45, 7) is 0. The summed E-state index contributed by atoms with van der Waals surface area (Å²) >= 11 is 0. The van der Waals surface area contributed by atoms with Crippen LogP contribution < -0.4 is 10.9 Å². The highest BCUT2D eigenvalue weighted by Crippen LogP contribution is 2.24. The normalized spacial score (nSPS) is 10.5. The summed E-state index contributed by atoms with van der Waals surface area (Å²) in [5.74, 6) is -0.224. The van der Waals surface area contributed by atoms with Crippen molar-refractivity contribution in [2.75, 3.05) is 5.43 Å². The molecule has 0 unspecified atom stereocenters. The lowest BCUT2D eigenvalue weighted by molar-refractivity contribution is 0.0964. The predicted octanol–water partition coefficient (Wildman–Crippen LogP) is 4.05. The minimum absolute atomic E-state index is 0.224. The van der Waals surface area contributed by atoms with E-state index in [-0.39, 0.29) is 5.91 Å². The molecule has 5 heteroatoms. The van der Waals surface area contributed by atoms with Crippen LogP contribution in [0.3, 0.4) is 0 Å². The highest BCUT2D eigenvalue weighted by molar-refractivity contribution is 6.07. The van der Waals surface area contributed by atoms with E-state index in [4.69, 9.17) is 0 Å². The third kappa shape index (κ3) is 3.23. The van der Waals surface area contributed by atoms with Crippen LogP contribution in [0.4, 0.5) is 5.69 Å². The minimum atomic E-state index is -0.224. The van der Waals surface area contributed by atoms with Gasteiger partial charge in [-0.05, 0) is 36.4 Å². The molecule has 0 aliphatic heterocycles. The molecule has 126 valence electrons. The van der Waals surface area contributed by atoms with E-state index in [2.05, 4.69) is 20.8 Å². The van der Waals surface area contributed by atoms with Crippen molar-refractivity contribution in [1.82, 2.24) is 15.4 Å². The number of hydrazine groups is 1. The fraction of sp³-hybridized carbons (Fsp3) is 0. The van der Waals surface area contributed by atoms with Crippen molar-refractivity contribution < 1.29 is 4.79 Å². The van der Waals surface area contributed by atoms with Gasteiger partial charge in [-0.15, -0.1) is 0 Å². The summed E-state index contributed by atoms with van der Waals surface area (Å²) in [5.41, 5.74) is 9.39. The maximum atomic E-state index is 12.8. The van der Waals surface area contributed by atoms with Crippen LogP contribution in [0.15, 0.2) is 85.2 Å². The Morgan fingerprint density at radius 1 is 0.885 bits per heavy atom. The molecule has 2 aromatic heterocycles. The van der Waals surface area contributed by atoms with Gasteiger partial charge in [0.2, 0.25) is 0 Å². The zero-order valence-corrected chi connectivity index (χ0v) is 13.9. The molecule has 4 aromatic rings. The van der Waals surface area contributed by atoms with Gasteiger partial charge in [0.25, 0.3) is 5.91 Å². The second kappa shape index (κ2) is 7.03. The molecule has 1 amide bonds. The molecule has 0 saturated heterocycles. The lowest BCUT2D eigenvalue weighted by Crippen LogP contribution is -2.29. The van der Waals surface area contributed by atoms with Crippen LogP contribution in [0.2, 0.25) is 0 Å². The van der Waals surface area contributed by atoms with Crippen LogP contribution in [0.1, 0.15) is 10.4 Å². The smallest absolute Gasteiger partial charge is 0.270 e. The third-order valence-corrected chi connectivity index (χ3v) is 4.01. The molecule has 2 aromatic carbocycles. The number of anilines is 1. The number of amides is 1. The average molecular weight is 340 g/mol. The maximum Gasteiger partial charge on any atom is 0.270 e. The third-order valence-electron chi connectivity index (χ3n) is 4.01. The number of carbonyl (C=O) groups is 1. The number of nitrogens with zero attached hydrogens (tertiary/aromatic N) is 2. The number of para-hydroxylation sites is 2. The molecule has 0 atom stereocenters. The van der Waals surface area contributed by atoms with E-state index in [9.17, 15) is 4.79 Å². The average Bonchev–Trinajstić information content (AvgIpc) is 2.72. The summed E-state index contributed by atoms with van der Waals surface area (Å²) in [6, 6.07) is 22.7. The van der Waals surface area contributed by atoms with Crippen molar-refractivity contribution in [3.05, 3.63) is 90.8 Å². The molecular formula is C21H16N4O. The summed E-state index contributed by atoms with van der Waals surface area (Å²) in [7, 11) is 0. The highest BCUT2D eigenvalue weighted by Gasteiger charge is 2.13. The standard InChI is InChI=1S/C21H16N4O/c26-21(25-24-16-8-2-1-3-9-16)18-13-20(15-7-6-12-22-14-15)23-19-11-5-4-10-17(18)19/h1-14,24H,(H,25,26). The first kappa shape index (κ1) is 15.8. The van der Waals surface area contributed by atoms with Gasteiger partial charge < -0.3 is 0 Å². The monoisotopic (exact) mass is 340 g/mol. The van der Waals surface area contributed by atoms with Gasteiger partial charge in [0.1, 0.15) is 0 Å². The minimum Gasteiger partial charge on any atom is -0.298 e. The Morgan fingerprint density at radius 2 is 1.69 bits per heavy atom. The zero-order valence-electron chi connectivity index (χ0n) is 13.9. The van der Waals surface area contributed by atoms with E-state index in [0.29, 0.717) is 11.3 Å². The number of fused-ring (bicyclic) bond motifs is 1. The quantitative estimate of drug-likeness (QED) is 0.550. The Kier molecular flexibility index (Phi) is 4.26. The van der Waals surface area contributed by atoms with E-state index in [1.54, 1.807) is 18.5 Å². The van der Waals surface area contributed by atoms with E-state index in [1.165, 1.54) is 0 Å². The molecule has 0 aliphatic rings. The van der Waals surface area contributed by atoms with Gasteiger partial charge in [-0.25, -0.2) is 4.98 Å². The van der Waals surface area contributed by atoms with Crippen LogP contribution in [-0.2, 0) is 0 Å². The second-order valence-electron chi connectivity index (χ2n) is 5.76. The van der Waals surface area contributed by atoms with Crippen molar-refractivity contribution in [3.63, 3.8) is 0 Å². The summed E-state index contributed by atoms with van der Waals surface area (Å²) < 4.78 is 0. The molecule has 26 heavy (non-hydrogen) atoms. The van der Waals surface area contributed by atoms with Crippen molar-refractivity contribution in [1.29, 1.82) is 0 Å². The summed E-state index contributed by atoms with van der Waals surface area (Å²) in [5, 5.41) is 0.799. The van der Waals surface area contributed by atoms with E-state index in [0.717, 1.165) is 22.2 Å². The molecule has 0 spiro atoms. The fourth-order valence-corrected chi connectivity index (χ4v) is 2.74. The molecule has 5 nitrogen and oxygen atoms in total. The molecule has 4 rings (SSSR count). The largest absolute Gasteiger partial charge is 0.298 e. The fourth-order valence-electron chi connectivity index (χ4n) is 2.74. The zero-order chi connectivity index (χ0) is 17.8. The van der Waals surface area contributed by atoms with Crippen LogP contribution in [0.25, 0.3) is 22.2 Å². The second-order valence-corrected chi connectivity index (χ2v) is 5.76. The lowest BCUT2D eigenvalue weighted by atomic mass is 10.0. The van der Waals surface area contributed by atoms with Gasteiger partial charge in [0.05, 0.1) is 22.5 Å². The Hall–Kier alpha value is -3.73.